The van der Waals surface area contributed by atoms with Gasteiger partial charge in [0, 0.05) is 6.54 Å². The van der Waals surface area contributed by atoms with Crippen LogP contribution >= 0.6 is 0 Å². The number of nitriles is 1. The fourth-order valence-electron chi connectivity index (χ4n) is 1.97. The maximum atomic E-state index is 12.4. The normalized spacial score (nSPS) is 12.7. The van der Waals surface area contributed by atoms with Crippen molar-refractivity contribution in [3.63, 3.8) is 0 Å². The molecule has 1 aromatic carbocycles. The Labute approximate surface area is 136 Å². The predicted octanol–water partition coefficient (Wildman–Crippen LogP) is 0.360. The van der Waals surface area contributed by atoms with Gasteiger partial charge in [0.15, 0.2) is 0 Å². The molecule has 1 atom stereocenters. The lowest BCUT2D eigenvalue weighted by atomic mass is 10.0. The van der Waals surface area contributed by atoms with Crippen LogP contribution in [0.1, 0.15) is 25.8 Å². The first-order valence-electron chi connectivity index (χ1n) is 7.21. The number of aliphatic hydroxyl groups is 1. The number of aliphatic hydroxyl groups excluding tert-OH is 1. The minimum atomic E-state index is -3.93. The Hall–Kier alpha value is -1.95. The molecular weight excluding hydrogens is 318 g/mol. The number of carbonyl (C=O) groups excluding carboxylic acids is 1. The molecule has 1 rings (SSSR count). The number of hydrogen-bond acceptors (Lipinski definition) is 5. The topological polar surface area (TPSA) is 119 Å². The van der Waals surface area contributed by atoms with Crippen LogP contribution in [0.4, 0.5) is 0 Å². The van der Waals surface area contributed by atoms with E-state index in [1.165, 1.54) is 24.3 Å². The molecule has 3 N–H and O–H groups in total. The van der Waals surface area contributed by atoms with Gasteiger partial charge in [0.05, 0.1) is 23.1 Å². The zero-order chi connectivity index (χ0) is 17.5. The first kappa shape index (κ1) is 19.1. The summed E-state index contributed by atoms with van der Waals surface area (Å²) in [6.07, 6.45) is 0.314. The van der Waals surface area contributed by atoms with Crippen LogP contribution in [0.15, 0.2) is 29.2 Å². The third-order valence-electron chi connectivity index (χ3n) is 3.01. The average Bonchev–Trinajstić information content (AvgIpc) is 2.51. The van der Waals surface area contributed by atoms with Gasteiger partial charge < -0.3 is 10.4 Å². The van der Waals surface area contributed by atoms with Crippen LogP contribution in [0.3, 0.4) is 0 Å². The maximum absolute atomic E-state index is 12.4. The molecule has 0 saturated carbocycles. The highest BCUT2D eigenvalue weighted by Crippen LogP contribution is 2.14. The Morgan fingerprint density at radius 3 is 2.65 bits per heavy atom. The Balaban J connectivity index is 3.00. The van der Waals surface area contributed by atoms with Gasteiger partial charge in [0.2, 0.25) is 15.9 Å². The van der Waals surface area contributed by atoms with Crippen LogP contribution < -0.4 is 10.0 Å². The number of rotatable bonds is 8. The van der Waals surface area contributed by atoms with Gasteiger partial charge in [-0.25, -0.2) is 8.42 Å². The van der Waals surface area contributed by atoms with Crippen molar-refractivity contribution >= 4 is 15.9 Å². The third-order valence-corrected chi connectivity index (χ3v) is 4.47. The summed E-state index contributed by atoms with van der Waals surface area (Å²) >= 11 is 0. The lowest BCUT2D eigenvalue weighted by Gasteiger charge is -2.20. The van der Waals surface area contributed by atoms with E-state index >= 15 is 0 Å². The summed E-state index contributed by atoms with van der Waals surface area (Å²) in [6.45, 7) is 3.57. The summed E-state index contributed by atoms with van der Waals surface area (Å²) in [7, 11) is -3.93. The Morgan fingerprint density at radius 2 is 2.09 bits per heavy atom. The van der Waals surface area contributed by atoms with Gasteiger partial charge in [0.1, 0.15) is 6.04 Å². The Kier molecular flexibility index (Phi) is 7.16. The quantitative estimate of drug-likeness (QED) is 0.632. The van der Waals surface area contributed by atoms with Gasteiger partial charge in [-0.3, -0.25) is 4.79 Å². The van der Waals surface area contributed by atoms with Crippen molar-refractivity contribution < 1.29 is 18.3 Å². The SMILES string of the molecule is CC(C)C[C@H](NS(=O)(=O)c1cccc(C#N)c1)C(=O)NCCO. The van der Waals surface area contributed by atoms with Crippen molar-refractivity contribution in [3.05, 3.63) is 29.8 Å². The second-order valence-electron chi connectivity index (χ2n) is 5.46. The number of hydrogen-bond donors (Lipinski definition) is 3. The van der Waals surface area contributed by atoms with Crippen molar-refractivity contribution in [1.29, 1.82) is 5.26 Å². The van der Waals surface area contributed by atoms with Crippen molar-refractivity contribution in [2.75, 3.05) is 13.2 Å². The number of nitrogens with zero attached hydrogens (tertiary/aromatic N) is 1. The highest BCUT2D eigenvalue weighted by Gasteiger charge is 2.26. The van der Waals surface area contributed by atoms with E-state index < -0.39 is 22.0 Å². The Bertz CT molecular complexity index is 680. The van der Waals surface area contributed by atoms with Crippen LogP contribution in [-0.2, 0) is 14.8 Å². The molecular formula is C15H21N3O4S. The molecule has 0 fully saturated rings. The molecule has 8 heteroatoms. The number of carbonyl (C=O) groups is 1. The lowest BCUT2D eigenvalue weighted by Crippen LogP contribution is -2.47. The van der Waals surface area contributed by atoms with Crippen molar-refractivity contribution in [3.8, 4) is 6.07 Å². The minimum absolute atomic E-state index is 0.0546. The molecule has 1 amide bonds. The fourth-order valence-corrected chi connectivity index (χ4v) is 3.22. The largest absolute Gasteiger partial charge is 0.395 e. The van der Waals surface area contributed by atoms with Gasteiger partial charge in [-0.05, 0) is 30.5 Å². The lowest BCUT2D eigenvalue weighted by molar-refractivity contribution is -0.123. The molecule has 0 aliphatic heterocycles. The Morgan fingerprint density at radius 1 is 1.39 bits per heavy atom. The summed E-state index contributed by atoms with van der Waals surface area (Å²) in [6, 6.07) is 6.51. The molecule has 0 bridgehead atoms. The van der Waals surface area contributed by atoms with Crippen LogP contribution in [0.5, 0.6) is 0 Å². The first-order valence-corrected chi connectivity index (χ1v) is 8.69. The number of amides is 1. The summed E-state index contributed by atoms with van der Waals surface area (Å²) in [4.78, 5) is 12.0. The predicted molar refractivity (Wildman–Crippen MR) is 84.8 cm³/mol. The van der Waals surface area contributed by atoms with Gasteiger partial charge in [-0.15, -0.1) is 0 Å². The van der Waals surface area contributed by atoms with Gasteiger partial charge in [0.25, 0.3) is 0 Å². The molecule has 0 spiro atoms. The molecule has 0 unspecified atom stereocenters. The van der Waals surface area contributed by atoms with Gasteiger partial charge in [-0.2, -0.15) is 9.98 Å². The highest BCUT2D eigenvalue weighted by atomic mass is 32.2. The smallest absolute Gasteiger partial charge is 0.241 e. The fraction of sp³-hybridized carbons (Fsp3) is 0.467. The van der Waals surface area contributed by atoms with Crippen LogP contribution in [0, 0.1) is 17.2 Å². The van der Waals surface area contributed by atoms with Crippen LogP contribution in [0.25, 0.3) is 0 Å². The third kappa shape index (κ3) is 5.98. The summed E-state index contributed by atoms with van der Waals surface area (Å²) in [5, 5.41) is 20.1. The second kappa shape index (κ2) is 8.62. The number of benzene rings is 1. The molecule has 1 aromatic rings. The van der Waals surface area contributed by atoms with Crippen molar-refractivity contribution in [1.82, 2.24) is 10.0 Å². The monoisotopic (exact) mass is 339 g/mol. The molecule has 7 nitrogen and oxygen atoms in total. The van der Waals surface area contributed by atoms with E-state index in [-0.39, 0.29) is 29.5 Å². The average molecular weight is 339 g/mol. The molecule has 23 heavy (non-hydrogen) atoms. The van der Waals surface area contributed by atoms with E-state index in [4.69, 9.17) is 10.4 Å². The second-order valence-corrected chi connectivity index (χ2v) is 7.17. The molecule has 126 valence electrons. The molecule has 0 aliphatic rings. The first-order chi connectivity index (χ1) is 10.8. The summed E-state index contributed by atoms with van der Waals surface area (Å²) < 4.78 is 27.2. The zero-order valence-corrected chi connectivity index (χ0v) is 13.9. The molecule has 0 heterocycles. The van der Waals surface area contributed by atoms with E-state index in [2.05, 4.69) is 10.0 Å². The highest BCUT2D eigenvalue weighted by molar-refractivity contribution is 7.89. The van der Waals surface area contributed by atoms with E-state index in [1.54, 1.807) is 0 Å². The van der Waals surface area contributed by atoms with Crippen molar-refractivity contribution in [2.45, 2.75) is 31.2 Å². The van der Waals surface area contributed by atoms with E-state index in [9.17, 15) is 13.2 Å². The van der Waals surface area contributed by atoms with E-state index in [0.717, 1.165) is 0 Å². The number of nitrogens with one attached hydrogen (secondary N) is 2. The van der Waals surface area contributed by atoms with Gasteiger partial charge >= 0.3 is 0 Å². The maximum Gasteiger partial charge on any atom is 0.241 e. The van der Waals surface area contributed by atoms with Crippen LogP contribution in [-0.4, -0.2) is 38.6 Å². The molecule has 0 aliphatic carbocycles. The molecule has 0 aromatic heterocycles. The van der Waals surface area contributed by atoms with Gasteiger partial charge in [-0.1, -0.05) is 19.9 Å². The standard InChI is InChI=1S/C15H21N3O4S/c1-11(2)8-14(15(20)17-6-7-19)18-23(21,22)13-5-3-4-12(9-13)10-16/h3-5,9,11,14,18-19H,6-8H2,1-2H3,(H,17,20)/t14-/m0/s1. The van der Waals surface area contributed by atoms with Crippen molar-refractivity contribution in [2.24, 2.45) is 5.92 Å². The molecule has 0 saturated heterocycles. The summed E-state index contributed by atoms with van der Waals surface area (Å²) in [5.74, 6) is -0.402. The van der Waals surface area contributed by atoms with Crippen LogP contribution in [0.2, 0.25) is 0 Å². The number of sulfonamides is 1. The molecule has 0 radical (unpaired) electrons. The van der Waals surface area contributed by atoms with E-state index in [1.807, 2.05) is 19.9 Å². The summed E-state index contributed by atoms with van der Waals surface area (Å²) in [5.41, 5.74) is 0.220. The minimum Gasteiger partial charge on any atom is -0.395 e. The zero-order valence-electron chi connectivity index (χ0n) is 13.1. The van der Waals surface area contributed by atoms with E-state index in [0.29, 0.717) is 6.42 Å².